The van der Waals surface area contributed by atoms with Crippen LogP contribution in [0.5, 0.6) is 0 Å². The Morgan fingerprint density at radius 2 is 2.12 bits per heavy atom. The first-order chi connectivity index (χ1) is 8.16. The molecule has 1 aromatic heterocycles. The van der Waals surface area contributed by atoms with Gasteiger partial charge in [-0.1, -0.05) is 17.7 Å². The standard InChI is InChI=1S/C9H6ClN5O2/c10-8-2-1-7(3-9(8)15(16)17)4-13-14-5-11-12-6-14/h1-6H. The maximum absolute atomic E-state index is 10.7. The van der Waals surface area contributed by atoms with Crippen LogP contribution in [0, 0.1) is 10.1 Å². The van der Waals surface area contributed by atoms with Gasteiger partial charge < -0.3 is 0 Å². The molecule has 0 N–H and O–H groups in total. The number of nitro groups is 1. The summed E-state index contributed by atoms with van der Waals surface area (Å²) in [7, 11) is 0. The van der Waals surface area contributed by atoms with Gasteiger partial charge in [-0.05, 0) is 6.07 Å². The second-order valence-electron chi connectivity index (χ2n) is 3.05. The van der Waals surface area contributed by atoms with Gasteiger partial charge in [0.1, 0.15) is 17.7 Å². The zero-order chi connectivity index (χ0) is 12.3. The summed E-state index contributed by atoms with van der Waals surface area (Å²) in [6.45, 7) is 0. The zero-order valence-electron chi connectivity index (χ0n) is 8.39. The molecule has 0 bridgehead atoms. The normalized spacial score (nSPS) is 10.9. The molecule has 0 atom stereocenters. The Hall–Kier alpha value is -2.28. The van der Waals surface area contributed by atoms with Crippen molar-refractivity contribution in [2.75, 3.05) is 0 Å². The highest BCUT2D eigenvalue weighted by Gasteiger charge is 2.11. The van der Waals surface area contributed by atoms with Crippen LogP contribution in [0.3, 0.4) is 0 Å². The van der Waals surface area contributed by atoms with Crippen LogP contribution in [0.2, 0.25) is 5.02 Å². The van der Waals surface area contributed by atoms with Crippen molar-refractivity contribution in [3.8, 4) is 0 Å². The largest absolute Gasteiger partial charge is 0.288 e. The number of aromatic nitrogens is 3. The van der Waals surface area contributed by atoms with E-state index in [0.717, 1.165) is 0 Å². The molecule has 0 amide bonds. The van der Waals surface area contributed by atoms with E-state index >= 15 is 0 Å². The lowest BCUT2D eigenvalue weighted by Crippen LogP contribution is -1.92. The van der Waals surface area contributed by atoms with Crippen LogP contribution in [-0.4, -0.2) is 26.0 Å². The third-order valence-electron chi connectivity index (χ3n) is 1.91. The SMILES string of the molecule is O=[N+]([O-])c1cc(C=Nn2cnnc2)ccc1Cl. The molecule has 0 aliphatic heterocycles. The summed E-state index contributed by atoms with van der Waals surface area (Å²) in [5.74, 6) is 0. The fraction of sp³-hybridized carbons (Fsp3) is 0. The van der Waals surface area contributed by atoms with Gasteiger partial charge in [-0.15, -0.1) is 10.2 Å². The first kappa shape index (κ1) is 11.2. The van der Waals surface area contributed by atoms with E-state index in [4.69, 9.17) is 11.6 Å². The van der Waals surface area contributed by atoms with Crippen molar-refractivity contribution >= 4 is 23.5 Å². The fourth-order valence-corrected chi connectivity index (χ4v) is 1.32. The summed E-state index contributed by atoms with van der Waals surface area (Å²) in [4.78, 5) is 10.1. The molecule has 2 aromatic rings. The number of nitrogens with zero attached hydrogens (tertiary/aromatic N) is 5. The molecule has 8 heteroatoms. The summed E-state index contributed by atoms with van der Waals surface area (Å²) < 4.78 is 1.38. The van der Waals surface area contributed by atoms with E-state index in [2.05, 4.69) is 15.3 Å². The average molecular weight is 252 g/mol. The Morgan fingerprint density at radius 3 is 2.76 bits per heavy atom. The monoisotopic (exact) mass is 251 g/mol. The molecular formula is C9H6ClN5O2. The average Bonchev–Trinajstić information content (AvgIpc) is 2.80. The quantitative estimate of drug-likeness (QED) is 0.472. The van der Waals surface area contributed by atoms with E-state index in [9.17, 15) is 10.1 Å². The summed E-state index contributed by atoms with van der Waals surface area (Å²) in [6, 6.07) is 4.42. The Bertz CT molecular complexity index is 567. The van der Waals surface area contributed by atoms with Crippen molar-refractivity contribution in [1.29, 1.82) is 0 Å². The Balaban J connectivity index is 2.28. The molecular weight excluding hydrogens is 246 g/mol. The molecule has 0 aliphatic rings. The molecule has 0 unspecified atom stereocenters. The smallest absolute Gasteiger partial charge is 0.258 e. The molecule has 7 nitrogen and oxygen atoms in total. The molecule has 0 saturated heterocycles. The van der Waals surface area contributed by atoms with Crippen molar-refractivity contribution in [2.24, 2.45) is 5.10 Å². The lowest BCUT2D eigenvalue weighted by Gasteiger charge is -1.96. The third kappa shape index (κ3) is 2.64. The number of hydrogen-bond acceptors (Lipinski definition) is 5. The molecule has 0 aliphatic carbocycles. The van der Waals surface area contributed by atoms with E-state index < -0.39 is 4.92 Å². The minimum atomic E-state index is -0.543. The van der Waals surface area contributed by atoms with Gasteiger partial charge in [0, 0.05) is 11.6 Å². The maximum atomic E-state index is 10.7. The first-order valence-electron chi connectivity index (χ1n) is 4.50. The summed E-state index contributed by atoms with van der Waals surface area (Å²) in [5, 5.41) is 21.8. The topological polar surface area (TPSA) is 86.2 Å². The van der Waals surface area contributed by atoms with Gasteiger partial charge in [0.25, 0.3) is 5.69 Å². The number of halogens is 1. The van der Waals surface area contributed by atoms with E-state index in [-0.39, 0.29) is 10.7 Å². The summed E-state index contributed by atoms with van der Waals surface area (Å²) in [6.07, 6.45) is 4.26. The fourth-order valence-electron chi connectivity index (χ4n) is 1.14. The first-order valence-corrected chi connectivity index (χ1v) is 4.87. The van der Waals surface area contributed by atoms with Crippen molar-refractivity contribution in [3.05, 3.63) is 51.6 Å². The van der Waals surface area contributed by atoms with E-state index in [1.807, 2.05) is 0 Å². The molecule has 2 rings (SSSR count). The molecule has 17 heavy (non-hydrogen) atoms. The van der Waals surface area contributed by atoms with Crippen molar-refractivity contribution < 1.29 is 4.92 Å². The molecule has 86 valence electrons. The van der Waals surface area contributed by atoms with Gasteiger partial charge >= 0.3 is 0 Å². The van der Waals surface area contributed by atoms with E-state index in [0.29, 0.717) is 5.56 Å². The zero-order valence-corrected chi connectivity index (χ0v) is 9.15. The van der Waals surface area contributed by atoms with Gasteiger partial charge in [0.2, 0.25) is 0 Å². The van der Waals surface area contributed by atoms with Gasteiger partial charge in [0.15, 0.2) is 0 Å². The Labute approximate surface area is 101 Å². The molecule has 1 aromatic carbocycles. The van der Waals surface area contributed by atoms with E-state index in [1.165, 1.54) is 35.7 Å². The number of nitro benzene ring substituents is 1. The second kappa shape index (κ2) is 4.71. The van der Waals surface area contributed by atoms with Crippen LogP contribution in [0.4, 0.5) is 5.69 Å². The second-order valence-corrected chi connectivity index (χ2v) is 3.46. The van der Waals surface area contributed by atoms with Crippen LogP contribution in [-0.2, 0) is 0 Å². The molecule has 0 saturated carbocycles. The molecule has 1 heterocycles. The number of hydrogen-bond donors (Lipinski definition) is 0. The molecule has 0 radical (unpaired) electrons. The lowest BCUT2D eigenvalue weighted by atomic mass is 10.2. The number of rotatable bonds is 3. The third-order valence-corrected chi connectivity index (χ3v) is 2.23. The van der Waals surface area contributed by atoms with Crippen LogP contribution >= 0.6 is 11.6 Å². The maximum Gasteiger partial charge on any atom is 0.288 e. The van der Waals surface area contributed by atoms with Gasteiger partial charge in [0.05, 0.1) is 11.1 Å². The summed E-state index contributed by atoms with van der Waals surface area (Å²) >= 11 is 5.68. The highest BCUT2D eigenvalue weighted by atomic mass is 35.5. The van der Waals surface area contributed by atoms with Crippen molar-refractivity contribution in [3.63, 3.8) is 0 Å². The Kier molecular flexibility index (Phi) is 3.10. The minimum absolute atomic E-state index is 0.0939. The highest BCUT2D eigenvalue weighted by Crippen LogP contribution is 2.24. The number of benzene rings is 1. The highest BCUT2D eigenvalue weighted by molar-refractivity contribution is 6.32. The minimum Gasteiger partial charge on any atom is -0.258 e. The van der Waals surface area contributed by atoms with Gasteiger partial charge in [-0.2, -0.15) is 5.10 Å². The predicted molar refractivity (Wildman–Crippen MR) is 61.1 cm³/mol. The van der Waals surface area contributed by atoms with Crippen molar-refractivity contribution in [2.45, 2.75) is 0 Å². The van der Waals surface area contributed by atoms with Crippen molar-refractivity contribution in [1.82, 2.24) is 14.9 Å². The van der Waals surface area contributed by atoms with Gasteiger partial charge in [-0.3, -0.25) is 10.1 Å². The van der Waals surface area contributed by atoms with Gasteiger partial charge in [-0.25, -0.2) is 4.68 Å². The van der Waals surface area contributed by atoms with E-state index in [1.54, 1.807) is 6.07 Å². The molecule has 0 spiro atoms. The van der Waals surface area contributed by atoms with Crippen LogP contribution in [0.15, 0.2) is 36.0 Å². The van der Waals surface area contributed by atoms with Crippen LogP contribution < -0.4 is 0 Å². The Morgan fingerprint density at radius 1 is 1.41 bits per heavy atom. The lowest BCUT2D eigenvalue weighted by molar-refractivity contribution is -0.384. The van der Waals surface area contributed by atoms with Crippen LogP contribution in [0.25, 0.3) is 0 Å². The summed E-state index contributed by atoms with van der Waals surface area (Å²) in [5.41, 5.74) is 0.411. The predicted octanol–water partition coefficient (Wildman–Crippen LogP) is 1.72. The molecule has 0 fully saturated rings. The van der Waals surface area contributed by atoms with Crippen LogP contribution in [0.1, 0.15) is 5.56 Å².